The van der Waals surface area contributed by atoms with Crippen molar-refractivity contribution in [2.45, 2.75) is 12.6 Å². The summed E-state index contributed by atoms with van der Waals surface area (Å²) >= 11 is 0. The molecule has 4 N–H and O–H groups in total. The van der Waals surface area contributed by atoms with Gasteiger partial charge in [0.15, 0.2) is 0 Å². The number of aliphatic hydroxyl groups is 1. The van der Waals surface area contributed by atoms with Crippen molar-refractivity contribution in [2.75, 3.05) is 39.6 Å². The highest BCUT2D eigenvalue weighted by Crippen LogP contribution is 1.95. The zero-order valence-electron chi connectivity index (χ0n) is 9.35. The fourth-order valence-electron chi connectivity index (χ4n) is 0.772. The molecule has 0 aromatic heterocycles. The highest BCUT2D eigenvalue weighted by atomic mass is 16.5. The molecule has 0 spiro atoms. The summed E-state index contributed by atoms with van der Waals surface area (Å²) in [6.07, 6.45) is 0. The molecule has 0 aromatic carbocycles. The van der Waals surface area contributed by atoms with Crippen molar-refractivity contribution in [2.24, 2.45) is 5.73 Å². The Morgan fingerprint density at radius 3 is 2.19 bits per heavy atom. The maximum atomic E-state index is 10.4. The Labute approximate surface area is 94.1 Å². The zero-order chi connectivity index (χ0) is 12.4. The van der Waals surface area contributed by atoms with E-state index in [1.165, 1.54) is 0 Å². The van der Waals surface area contributed by atoms with Gasteiger partial charge in [0.2, 0.25) is 5.72 Å². The van der Waals surface area contributed by atoms with Crippen LogP contribution in [0.1, 0.15) is 6.92 Å². The van der Waals surface area contributed by atoms with Crippen LogP contribution in [0.15, 0.2) is 0 Å². The van der Waals surface area contributed by atoms with Crippen LogP contribution in [0, 0.1) is 0 Å². The predicted molar refractivity (Wildman–Crippen MR) is 54.9 cm³/mol. The monoisotopic (exact) mass is 237 g/mol. The lowest BCUT2D eigenvalue weighted by Crippen LogP contribution is -2.52. The van der Waals surface area contributed by atoms with E-state index in [4.69, 9.17) is 30.2 Å². The zero-order valence-corrected chi connectivity index (χ0v) is 9.35. The Bertz CT molecular complexity index is 196. The van der Waals surface area contributed by atoms with Gasteiger partial charge in [0.1, 0.15) is 6.61 Å². The topological polar surface area (TPSA) is 111 Å². The maximum Gasteiger partial charge on any atom is 0.353 e. The van der Waals surface area contributed by atoms with E-state index in [-0.39, 0.29) is 6.61 Å². The van der Waals surface area contributed by atoms with E-state index in [2.05, 4.69) is 0 Å². The van der Waals surface area contributed by atoms with Crippen molar-refractivity contribution >= 4 is 5.97 Å². The highest BCUT2D eigenvalue weighted by Gasteiger charge is 2.30. The molecule has 0 saturated carbocycles. The molecular weight excluding hydrogens is 218 g/mol. The third-order valence-electron chi connectivity index (χ3n) is 1.64. The molecule has 0 aromatic rings. The molecule has 0 rings (SSSR count). The second-order valence-corrected chi connectivity index (χ2v) is 3.09. The number of ether oxygens (including phenoxy) is 3. The number of carbonyl (C=O) groups is 1. The molecule has 16 heavy (non-hydrogen) atoms. The minimum absolute atomic E-state index is 0.166. The van der Waals surface area contributed by atoms with Crippen molar-refractivity contribution in [1.82, 2.24) is 0 Å². The van der Waals surface area contributed by atoms with Gasteiger partial charge < -0.3 is 24.4 Å². The number of nitrogens with two attached hydrogens (primary N) is 1. The first kappa shape index (κ1) is 15.3. The smallest absolute Gasteiger partial charge is 0.353 e. The second kappa shape index (κ2) is 8.43. The van der Waals surface area contributed by atoms with Crippen LogP contribution >= 0.6 is 0 Å². The van der Waals surface area contributed by atoms with E-state index in [1.54, 1.807) is 0 Å². The van der Waals surface area contributed by atoms with Gasteiger partial charge in [-0.1, -0.05) is 0 Å². The van der Waals surface area contributed by atoms with Crippen molar-refractivity contribution in [1.29, 1.82) is 0 Å². The average Bonchev–Trinajstić information content (AvgIpc) is 2.21. The van der Waals surface area contributed by atoms with Gasteiger partial charge in [-0.25, -0.2) is 4.79 Å². The Morgan fingerprint density at radius 1 is 1.19 bits per heavy atom. The first-order valence-corrected chi connectivity index (χ1v) is 4.98. The van der Waals surface area contributed by atoms with Crippen molar-refractivity contribution in [3.05, 3.63) is 0 Å². The molecule has 0 unspecified atom stereocenters. The largest absolute Gasteiger partial charge is 0.478 e. The van der Waals surface area contributed by atoms with E-state index >= 15 is 0 Å². The molecule has 96 valence electrons. The average molecular weight is 237 g/mol. The number of hydrogen-bond acceptors (Lipinski definition) is 6. The summed E-state index contributed by atoms with van der Waals surface area (Å²) in [7, 11) is 0. The standard InChI is InChI=1S/C9H19NO6/c1-2-14-3-4-15-5-6-16-7-9(10,13)8(11)12/h13H,2-7,10H2,1H3,(H,11,12)/t9-/m0/s1. The molecule has 0 aliphatic carbocycles. The van der Waals surface area contributed by atoms with E-state index in [0.717, 1.165) is 0 Å². The minimum atomic E-state index is -2.34. The molecule has 0 saturated heterocycles. The summed E-state index contributed by atoms with van der Waals surface area (Å²) in [5.74, 6) is -1.52. The lowest BCUT2D eigenvalue weighted by atomic mass is 10.3. The third-order valence-corrected chi connectivity index (χ3v) is 1.64. The van der Waals surface area contributed by atoms with E-state index in [1.807, 2.05) is 6.92 Å². The SMILES string of the molecule is CCOCCOCCOC[C@](N)(O)C(=O)O. The first-order chi connectivity index (χ1) is 7.50. The Kier molecular flexibility index (Phi) is 8.04. The number of carboxylic acid groups (broad SMARTS) is 1. The molecule has 0 aliphatic heterocycles. The van der Waals surface area contributed by atoms with Crippen LogP contribution in [0.2, 0.25) is 0 Å². The summed E-state index contributed by atoms with van der Waals surface area (Å²) in [5, 5.41) is 17.5. The van der Waals surface area contributed by atoms with E-state index in [9.17, 15) is 4.79 Å². The quantitative estimate of drug-likeness (QED) is 0.323. The summed E-state index contributed by atoms with van der Waals surface area (Å²) in [4.78, 5) is 10.4. The lowest BCUT2D eigenvalue weighted by Gasteiger charge is -2.17. The fourth-order valence-corrected chi connectivity index (χ4v) is 0.772. The molecule has 0 fully saturated rings. The van der Waals surface area contributed by atoms with Gasteiger partial charge in [0.05, 0.1) is 26.4 Å². The van der Waals surface area contributed by atoms with Gasteiger partial charge in [-0.05, 0) is 6.92 Å². The van der Waals surface area contributed by atoms with E-state index < -0.39 is 18.3 Å². The minimum Gasteiger partial charge on any atom is -0.478 e. The summed E-state index contributed by atoms with van der Waals surface area (Å²) in [6, 6.07) is 0. The van der Waals surface area contributed by atoms with Crippen molar-refractivity contribution in [3.8, 4) is 0 Å². The summed E-state index contributed by atoms with van der Waals surface area (Å²) in [5.41, 5.74) is 2.67. The van der Waals surface area contributed by atoms with Crippen molar-refractivity contribution < 1.29 is 29.2 Å². The molecule has 0 radical (unpaired) electrons. The Morgan fingerprint density at radius 2 is 1.69 bits per heavy atom. The van der Waals surface area contributed by atoms with Crippen LogP contribution < -0.4 is 5.73 Å². The van der Waals surface area contributed by atoms with Crippen LogP contribution in [-0.4, -0.2) is 61.5 Å². The number of hydrogen-bond donors (Lipinski definition) is 3. The molecule has 7 nitrogen and oxygen atoms in total. The molecule has 0 amide bonds. The van der Waals surface area contributed by atoms with Gasteiger partial charge >= 0.3 is 5.97 Å². The summed E-state index contributed by atoms with van der Waals surface area (Å²) in [6.45, 7) is 3.46. The molecule has 1 atom stereocenters. The van der Waals surface area contributed by atoms with Gasteiger partial charge in [-0.15, -0.1) is 0 Å². The molecule has 0 bridgehead atoms. The van der Waals surface area contributed by atoms with Crippen LogP contribution in [0.3, 0.4) is 0 Å². The number of carboxylic acids is 1. The fraction of sp³-hybridized carbons (Fsp3) is 0.889. The second-order valence-electron chi connectivity index (χ2n) is 3.09. The van der Waals surface area contributed by atoms with Gasteiger partial charge in [0.25, 0.3) is 0 Å². The number of aliphatic carboxylic acids is 1. The van der Waals surface area contributed by atoms with Crippen molar-refractivity contribution in [3.63, 3.8) is 0 Å². The van der Waals surface area contributed by atoms with Crippen LogP contribution in [0.25, 0.3) is 0 Å². The van der Waals surface area contributed by atoms with Crippen LogP contribution in [-0.2, 0) is 19.0 Å². The van der Waals surface area contributed by atoms with Crippen LogP contribution in [0.5, 0.6) is 0 Å². The Balaban J connectivity index is 3.30. The van der Waals surface area contributed by atoms with Gasteiger partial charge in [-0.3, -0.25) is 5.73 Å². The molecular formula is C9H19NO6. The highest BCUT2D eigenvalue weighted by molar-refractivity contribution is 5.76. The van der Waals surface area contributed by atoms with E-state index in [0.29, 0.717) is 26.4 Å². The summed E-state index contributed by atoms with van der Waals surface area (Å²) < 4.78 is 15.0. The Hall–Kier alpha value is -0.730. The maximum absolute atomic E-state index is 10.4. The predicted octanol–water partition coefficient (Wildman–Crippen LogP) is -1.21. The normalized spacial score (nSPS) is 14.7. The first-order valence-electron chi connectivity index (χ1n) is 4.98. The molecule has 0 aliphatic rings. The molecule has 7 heteroatoms. The number of rotatable bonds is 10. The molecule has 0 heterocycles. The van der Waals surface area contributed by atoms with Crippen LogP contribution in [0.4, 0.5) is 0 Å². The van der Waals surface area contributed by atoms with Gasteiger partial charge in [0, 0.05) is 6.61 Å². The van der Waals surface area contributed by atoms with Gasteiger partial charge in [-0.2, -0.15) is 0 Å². The third kappa shape index (κ3) is 7.55. The lowest BCUT2D eigenvalue weighted by molar-refractivity contribution is -0.165.